The Morgan fingerprint density at radius 3 is 2.35 bits per heavy atom. The van der Waals surface area contributed by atoms with Crippen LogP contribution in [0, 0.1) is 11.8 Å². The molecule has 1 unspecified atom stereocenters. The van der Waals surface area contributed by atoms with Crippen molar-refractivity contribution in [2.75, 3.05) is 6.54 Å². The maximum absolute atomic E-state index is 5.97. The van der Waals surface area contributed by atoms with E-state index in [1.54, 1.807) is 0 Å². The highest BCUT2D eigenvalue weighted by Gasteiger charge is 2.22. The molecule has 1 fully saturated rings. The molecule has 1 atom stereocenters. The fourth-order valence-corrected chi connectivity index (χ4v) is 3.24. The third-order valence-corrected chi connectivity index (χ3v) is 4.56. The van der Waals surface area contributed by atoms with Gasteiger partial charge in [-0.15, -0.1) is 0 Å². The Morgan fingerprint density at radius 1 is 1.12 bits per heavy atom. The number of benzene rings is 1. The third-order valence-electron chi connectivity index (χ3n) is 4.03. The molecule has 0 aromatic heterocycles. The SMILES string of the molecule is NCC(Cc1ccc(Br)cc1)C1CCCCC1. The van der Waals surface area contributed by atoms with Crippen molar-refractivity contribution < 1.29 is 0 Å². The molecule has 1 aromatic rings. The van der Waals surface area contributed by atoms with Crippen LogP contribution in [0.5, 0.6) is 0 Å². The predicted molar refractivity (Wildman–Crippen MR) is 77.0 cm³/mol. The summed E-state index contributed by atoms with van der Waals surface area (Å²) in [6, 6.07) is 8.69. The summed E-state index contributed by atoms with van der Waals surface area (Å²) in [4.78, 5) is 0. The molecule has 1 aliphatic carbocycles. The van der Waals surface area contributed by atoms with Gasteiger partial charge in [0.15, 0.2) is 0 Å². The van der Waals surface area contributed by atoms with Crippen LogP contribution < -0.4 is 5.73 Å². The van der Waals surface area contributed by atoms with Gasteiger partial charge < -0.3 is 5.73 Å². The predicted octanol–water partition coefficient (Wildman–Crippen LogP) is 4.15. The lowest BCUT2D eigenvalue weighted by Gasteiger charge is -2.29. The van der Waals surface area contributed by atoms with E-state index in [2.05, 4.69) is 40.2 Å². The monoisotopic (exact) mass is 295 g/mol. The van der Waals surface area contributed by atoms with E-state index in [0.717, 1.165) is 23.4 Å². The van der Waals surface area contributed by atoms with Crippen LogP contribution in [-0.2, 0) is 6.42 Å². The minimum absolute atomic E-state index is 0.677. The quantitative estimate of drug-likeness (QED) is 0.887. The number of halogens is 1. The van der Waals surface area contributed by atoms with Gasteiger partial charge in [-0.05, 0) is 42.5 Å². The second kappa shape index (κ2) is 6.55. The van der Waals surface area contributed by atoms with Crippen LogP contribution in [0.4, 0.5) is 0 Å². The summed E-state index contributed by atoms with van der Waals surface area (Å²) in [6.45, 7) is 0.834. The van der Waals surface area contributed by atoms with Crippen LogP contribution in [0.15, 0.2) is 28.7 Å². The van der Waals surface area contributed by atoms with E-state index in [1.165, 1.54) is 37.7 Å². The maximum atomic E-state index is 5.97. The molecule has 17 heavy (non-hydrogen) atoms. The fourth-order valence-electron chi connectivity index (χ4n) is 2.97. The molecule has 1 saturated carbocycles. The van der Waals surface area contributed by atoms with Gasteiger partial charge in [0.05, 0.1) is 0 Å². The summed E-state index contributed by atoms with van der Waals surface area (Å²) in [5.74, 6) is 1.54. The standard InChI is InChI=1S/C15H22BrN/c16-15-8-6-12(7-9-15)10-14(11-17)13-4-2-1-3-5-13/h6-9,13-14H,1-5,10-11,17H2. The molecule has 0 saturated heterocycles. The van der Waals surface area contributed by atoms with E-state index < -0.39 is 0 Å². The molecular formula is C15H22BrN. The number of rotatable bonds is 4. The molecule has 0 aliphatic heterocycles. The molecule has 2 heteroatoms. The molecule has 1 aromatic carbocycles. The van der Waals surface area contributed by atoms with E-state index in [9.17, 15) is 0 Å². The molecule has 1 aliphatic rings. The highest BCUT2D eigenvalue weighted by molar-refractivity contribution is 9.10. The zero-order valence-corrected chi connectivity index (χ0v) is 12.0. The van der Waals surface area contributed by atoms with Gasteiger partial charge in [0, 0.05) is 4.47 Å². The average molecular weight is 296 g/mol. The Balaban J connectivity index is 1.96. The molecule has 0 bridgehead atoms. The zero-order valence-electron chi connectivity index (χ0n) is 10.4. The first kappa shape index (κ1) is 13.1. The van der Waals surface area contributed by atoms with Gasteiger partial charge in [0.2, 0.25) is 0 Å². The summed E-state index contributed by atoms with van der Waals surface area (Å²) in [7, 11) is 0. The van der Waals surface area contributed by atoms with Crippen molar-refractivity contribution in [1.29, 1.82) is 0 Å². The fraction of sp³-hybridized carbons (Fsp3) is 0.600. The van der Waals surface area contributed by atoms with Gasteiger partial charge in [-0.1, -0.05) is 60.2 Å². The van der Waals surface area contributed by atoms with Crippen molar-refractivity contribution in [3.63, 3.8) is 0 Å². The van der Waals surface area contributed by atoms with Gasteiger partial charge >= 0.3 is 0 Å². The lowest BCUT2D eigenvalue weighted by Crippen LogP contribution is -2.27. The molecule has 2 N–H and O–H groups in total. The van der Waals surface area contributed by atoms with Crippen molar-refractivity contribution in [1.82, 2.24) is 0 Å². The topological polar surface area (TPSA) is 26.0 Å². The molecule has 1 nitrogen and oxygen atoms in total. The highest BCUT2D eigenvalue weighted by Crippen LogP contribution is 2.31. The second-order valence-corrected chi connectivity index (χ2v) is 6.14. The maximum Gasteiger partial charge on any atom is 0.0175 e. The molecule has 94 valence electrons. The van der Waals surface area contributed by atoms with Crippen LogP contribution in [0.2, 0.25) is 0 Å². The Morgan fingerprint density at radius 2 is 1.76 bits per heavy atom. The molecule has 0 radical (unpaired) electrons. The lowest BCUT2D eigenvalue weighted by molar-refractivity contribution is 0.251. The van der Waals surface area contributed by atoms with Crippen molar-refractivity contribution in [3.8, 4) is 0 Å². The minimum atomic E-state index is 0.677. The van der Waals surface area contributed by atoms with E-state index in [-0.39, 0.29) is 0 Å². The minimum Gasteiger partial charge on any atom is -0.330 e. The molecule has 2 rings (SSSR count). The summed E-state index contributed by atoms with van der Waals surface area (Å²) < 4.78 is 1.16. The average Bonchev–Trinajstić information content (AvgIpc) is 2.39. The van der Waals surface area contributed by atoms with E-state index in [1.807, 2.05) is 0 Å². The zero-order chi connectivity index (χ0) is 12.1. The molecule has 0 spiro atoms. The lowest BCUT2D eigenvalue weighted by atomic mass is 9.77. The first-order chi connectivity index (χ1) is 8.29. The van der Waals surface area contributed by atoms with Crippen LogP contribution in [0.25, 0.3) is 0 Å². The van der Waals surface area contributed by atoms with Crippen molar-refractivity contribution in [2.45, 2.75) is 38.5 Å². The number of nitrogens with two attached hydrogens (primary N) is 1. The van der Waals surface area contributed by atoms with Crippen LogP contribution in [-0.4, -0.2) is 6.54 Å². The largest absolute Gasteiger partial charge is 0.330 e. The van der Waals surface area contributed by atoms with Crippen molar-refractivity contribution in [2.24, 2.45) is 17.6 Å². The second-order valence-electron chi connectivity index (χ2n) is 5.22. The van der Waals surface area contributed by atoms with E-state index in [0.29, 0.717) is 5.92 Å². The molecule has 0 heterocycles. The Kier molecular flexibility index (Phi) is 5.05. The summed E-state index contributed by atoms with van der Waals surface area (Å²) in [6.07, 6.45) is 8.15. The van der Waals surface area contributed by atoms with Gasteiger partial charge in [-0.3, -0.25) is 0 Å². The Hall–Kier alpha value is -0.340. The van der Waals surface area contributed by atoms with Crippen molar-refractivity contribution >= 4 is 15.9 Å². The number of hydrogen-bond donors (Lipinski definition) is 1. The van der Waals surface area contributed by atoms with Gasteiger partial charge in [-0.2, -0.15) is 0 Å². The summed E-state index contributed by atoms with van der Waals surface area (Å²) in [5.41, 5.74) is 7.40. The molecular weight excluding hydrogens is 274 g/mol. The summed E-state index contributed by atoms with van der Waals surface area (Å²) in [5, 5.41) is 0. The Bertz CT molecular complexity index is 327. The van der Waals surface area contributed by atoms with E-state index >= 15 is 0 Å². The number of hydrogen-bond acceptors (Lipinski definition) is 1. The van der Waals surface area contributed by atoms with Gasteiger partial charge in [0.25, 0.3) is 0 Å². The normalized spacial score (nSPS) is 19.2. The van der Waals surface area contributed by atoms with Gasteiger partial charge in [-0.25, -0.2) is 0 Å². The molecule has 0 amide bonds. The smallest absolute Gasteiger partial charge is 0.0175 e. The third kappa shape index (κ3) is 3.82. The highest BCUT2D eigenvalue weighted by atomic mass is 79.9. The van der Waals surface area contributed by atoms with Crippen LogP contribution in [0.1, 0.15) is 37.7 Å². The Labute approximate surface area is 113 Å². The first-order valence-electron chi connectivity index (χ1n) is 6.74. The summed E-state index contributed by atoms with van der Waals surface area (Å²) >= 11 is 3.48. The van der Waals surface area contributed by atoms with Gasteiger partial charge in [0.1, 0.15) is 0 Å². The first-order valence-corrected chi connectivity index (χ1v) is 7.53. The van der Waals surface area contributed by atoms with Crippen LogP contribution in [0.3, 0.4) is 0 Å². The van der Waals surface area contributed by atoms with Crippen LogP contribution >= 0.6 is 15.9 Å². The van der Waals surface area contributed by atoms with E-state index in [4.69, 9.17) is 5.73 Å². The van der Waals surface area contributed by atoms with Crippen molar-refractivity contribution in [3.05, 3.63) is 34.3 Å².